The van der Waals surface area contributed by atoms with Crippen molar-refractivity contribution in [3.05, 3.63) is 0 Å². The normalized spacial score (nSPS) is 16.7. The maximum atomic E-state index is 9.76. The molecule has 14 heavy (non-hydrogen) atoms. The van der Waals surface area contributed by atoms with Crippen LogP contribution in [-0.2, 0) is 9.47 Å². The van der Waals surface area contributed by atoms with Gasteiger partial charge in [0.25, 0.3) is 0 Å². The molecule has 0 fully saturated rings. The Bertz CT molecular complexity index is 152. The monoisotopic (exact) mass is 205 g/mol. The van der Waals surface area contributed by atoms with Crippen molar-refractivity contribution in [1.82, 2.24) is 5.32 Å². The Labute approximate surface area is 86.6 Å². The van der Waals surface area contributed by atoms with E-state index in [0.717, 1.165) is 0 Å². The standard InChI is InChI=1S/C10H23NO3/c1-6-13-7-8-14-10(5,12)11-9(2,3)4/h11-12H,6-8H2,1-5H3. The van der Waals surface area contributed by atoms with E-state index in [0.29, 0.717) is 19.8 Å². The average molecular weight is 205 g/mol. The molecule has 0 aromatic heterocycles. The predicted molar refractivity (Wildman–Crippen MR) is 56.0 cm³/mol. The van der Waals surface area contributed by atoms with Gasteiger partial charge in [-0.2, -0.15) is 0 Å². The molecular formula is C10H23NO3. The average Bonchev–Trinajstić information content (AvgIpc) is 1.93. The molecule has 86 valence electrons. The van der Waals surface area contributed by atoms with E-state index in [-0.39, 0.29) is 5.54 Å². The topological polar surface area (TPSA) is 50.7 Å². The minimum Gasteiger partial charge on any atom is -0.379 e. The molecule has 4 heteroatoms. The fourth-order valence-corrected chi connectivity index (χ4v) is 1.18. The van der Waals surface area contributed by atoms with E-state index in [2.05, 4.69) is 5.32 Å². The molecule has 1 unspecified atom stereocenters. The van der Waals surface area contributed by atoms with Crippen molar-refractivity contribution < 1.29 is 14.6 Å². The van der Waals surface area contributed by atoms with E-state index >= 15 is 0 Å². The lowest BCUT2D eigenvalue weighted by atomic mass is 10.1. The summed E-state index contributed by atoms with van der Waals surface area (Å²) in [6.45, 7) is 10.9. The first-order valence-corrected chi connectivity index (χ1v) is 5.00. The van der Waals surface area contributed by atoms with Gasteiger partial charge in [-0.05, 0) is 27.7 Å². The molecule has 0 aliphatic carbocycles. The second kappa shape index (κ2) is 5.66. The lowest BCUT2D eigenvalue weighted by Crippen LogP contribution is -2.54. The Balaban J connectivity index is 3.72. The van der Waals surface area contributed by atoms with Gasteiger partial charge >= 0.3 is 0 Å². The van der Waals surface area contributed by atoms with Crippen LogP contribution in [0.2, 0.25) is 0 Å². The quantitative estimate of drug-likeness (QED) is 0.503. The second-order valence-electron chi connectivity index (χ2n) is 4.40. The third-order valence-corrected chi connectivity index (χ3v) is 1.42. The predicted octanol–water partition coefficient (Wildman–Crippen LogP) is 1.09. The first kappa shape index (κ1) is 13.8. The van der Waals surface area contributed by atoms with E-state index in [1.807, 2.05) is 27.7 Å². The van der Waals surface area contributed by atoms with Crippen LogP contribution in [0.5, 0.6) is 0 Å². The molecule has 0 bridgehead atoms. The largest absolute Gasteiger partial charge is 0.379 e. The van der Waals surface area contributed by atoms with E-state index in [1.165, 1.54) is 0 Å². The van der Waals surface area contributed by atoms with Gasteiger partial charge in [0, 0.05) is 19.1 Å². The summed E-state index contributed by atoms with van der Waals surface area (Å²) >= 11 is 0. The molecule has 0 saturated carbocycles. The zero-order chi connectivity index (χ0) is 11.2. The second-order valence-corrected chi connectivity index (χ2v) is 4.40. The smallest absolute Gasteiger partial charge is 0.222 e. The summed E-state index contributed by atoms with van der Waals surface area (Å²) in [5.74, 6) is -1.30. The van der Waals surface area contributed by atoms with Crippen LogP contribution in [0.25, 0.3) is 0 Å². The van der Waals surface area contributed by atoms with Gasteiger partial charge < -0.3 is 14.6 Å². The summed E-state index contributed by atoms with van der Waals surface area (Å²) in [5.41, 5.74) is -0.185. The van der Waals surface area contributed by atoms with Gasteiger partial charge in [0.1, 0.15) is 0 Å². The molecule has 0 aromatic carbocycles. The summed E-state index contributed by atoms with van der Waals surface area (Å²) in [6.07, 6.45) is 0. The highest BCUT2D eigenvalue weighted by atomic mass is 16.6. The van der Waals surface area contributed by atoms with Gasteiger partial charge in [0.2, 0.25) is 5.91 Å². The van der Waals surface area contributed by atoms with Crippen LogP contribution in [0, 0.1) is 0 Å². The molecule has 0 amide bonds. The molecule has 0 radical (unpaired) electrons. The van der Waals surface area contributed by atoms with Crippen molar-refractivity contribution in [2.75, 3.05) is 19.8 Å². The van der Waals surface area contributed by atoms with Crippen molar-refractivity contribution in [3.63, 3.8) is 0 Å². The highest BCUT2D eigenvalue weighted by Crippen LogP contribution is 2.09. The van der Waals surface area contributed by atoms with Crippen LogP contribution in [0.3, 0.4) is 0 Å². The van der Waals surface area contributed by atoms with Gasteiger partial charge in [-0.1, -0.05) is 0 Å². The van der Waals surface area contributed by atoms with Crippen LogP contribution >= 0.6 is 0 Å². The SMILES string of the molecule is CCOCCOC(C)(O)NC(C)(C)C. The summed E-state index contributed by atoms with van der Waals surface area (Å²) in [4.78, 5) is 0. The lowest BCUT2D eigenvalue weighted by Gasteiger charge is -2.32. The third kappa shape index (κ3) is 8.44. The van der Waals surface area contributed by atoms with Crippen molar-refractivity contribution in [2.45, 2.75) is 46.1 Å². The van der Waals surface area contributed by atoms with Crippen molar-refractivity contribution in [3.8, 4) is 0 Å². The summed E-state index contributed by atoms with van der Waals surface area (Å²) < 4.78 is 10.3. The fourth-order valence-electron chi connectivity index (χ4n) is 1.18. The minimum atomic E-state index is -1.30. The van der Waals surface area contributed by atoms with E-state index in [4.69, 9.17) is 9.47 Å². The van der Waals surface area contributed by atoms with Crippen LogP contribution < -0.4 is 5.32 Å². The fraction of sp³-hybridized carbons (Fsp3) is 1.00. The third-order valence-electron chi connectivity index (χ3n) is 1.42. The molecule has 0 heterocycles. The van der Waals surface area contributed by atoms with E-state index in [9.17, 15) is 5.11 Å². The van der Waals surface area contributed by atoms with Gasteiger partial charge in [0.05, 0.1) is 13.2 Å². The number of hydrogen-bond donors (Lipinski definition) is 2. The van der Waals surface area contributed by atoms with Gasteiger partial charge in [-0.15, -0.1) is 0 Å². The number of hydrogen-bond acceptors (Lipinski definition) is 4. The van der Waals surface area contributed by atoms with Crippen LogP contribution in [0.4, 0.5) is 0 Å². The number of ether oxygens (including phenoxy) is 2. The molecule has 0 aliphatic heterocycles. The molecule has 0 rings (SSSR count). The minimum absolute atomic E-state index is 0.185. The molecule has 4 nitrogen and oxygen atoms in total. The molecular weight excluding hydrogens is 182 g/mol. The summed E-state index contributed by atoms with van der Waals surface area (Å²) in [7, 11) is 0. The molecule has 0 saturated heterocycles. The Morgan fingerprint density at radius 2 is 1.71 bits per heavy atom. The first-order chi connectivity index (χ1) is 6.27. The Morgan fingerprint density at radius 1 is 1.14 bits per heavy atom. The molecule has 0 aromatic rings. The Kier molecular flexibility index (Phi) is 5.59. The van der Waals surface area contributed by atoms with Crippen LogP contribution in [0.15, 0.2) is 0 Å². The van der Waals surface area contributed by atoms with Crippen molar-refractivity contribution >= 4 is 0 Å². The maximum absolute atomic E-state index is 9.76. The maximum Gasteiger partial charge on any atom is 0.222 e. The Hall–Kier alpha value is -0.160. The first-order valence-electron chi connectivity index (χ1n) is 5.00. The lowest BCUT2D eigenvalue weighted by molar-refractivity contribution is -0.226. The number of nitrogens with one attached hydrogen (secondary N) is 1. The van der Waals surface area contributed by atoms with Crippen molar-refractivity contribution in [1.29, 1.82) is 0 Å². The summed E-state index contributed by atoms with van der Waals surface area (Å²) in [5, 5.41) is 12.7. The highest BCUT2D eigenvalue weighted by molar-refractivity contribution is 4.74. The zero-order valence-electron chi connectivity index (χ0n) is 9.89. The zero-order valence-corrected chi connectivity index (χ0v) is 9.89. The molecule has 0 aliphatic rings. The van der Waals surface area contributed by atoms with Gasteiger partial charge in [-0.25, -0.2) is 0 Å². The molecule has 0 spiro atoms. The van der Waals surface area contributed by atoms with Gasteiger partial charge in [-0.3, -0.25) is 5.32 Å². The Morgan fingerprint density at radius 3 is 2.14 bits per heavy atom. The van der Waals surface area contributed by atoms with Gasteiger partial charge in [0.15, 0.2) is 0 Å². The van der Waals surface area contributed by atoms with Crippen molar-refractivity contribution in [2.24, 2.45) is 0 Å². The van der Waals surface area contributed by atoms with Crippen LogP contribution in [-0.4, -0.2) is 36.4 Å². The number of rotatable bonds is 6. The summed E-state index contributed by atoms with van der Waals surface area (Å²) in [6, 6.07) is 0. The molecule has 2 N–H and O–H groups in total. The molecule has 1 atom stereocenters. The van der Waals surface area contributed by atoms with Crippen LogP contribution in [0.1, 0.15) is 34.6 Å². The highest BCUT2D eigenvalue weighted by Gasteiger charge is 2.26. The van der Waals surface area contributed by atoms with E-state index in [1.54, 1.807) is 6.92 Å². The number of aliphatic hydroxyl groups is 1. The van der Waals surface area contributed by atoms with E-state index < -0.39 is 5.91 Å².